The molecule has 1 spiro atoms. The van der Waals surface area contributed by atoms with Crippen LogP contribution in [0.15, 0.2) is 49.5 Å². The van der Waals surface area contributed by atoms with E-state index >= 15 is 8.78 Å². The van der Waals surface area contributed by atoms with Gasteiger partial charge in [-0.05, 0) is 138 Å². The molecule has 6 N–H and O–H groups in total. The fraction of sp³-hybridized carbons (Fsp3) is 0.807. The van der Waals surface area contributed by atoms with E-state index in [4.69, 9.17) is 34.9 Å². The van der Waals surface area contributed by atoms with Gasteiger partial charge in [0.2, 0.25) is 5.91 Å². The molecule has 3 saturated carbocycles. The van der Waals surface area contributed by atoms with E-state index in [0.717, 1.165) is 32.1 Å². The Kier molecular flexibility index (Phi) is 15.3. The quantitative estimate of drug-likeness (QED) is 0.0810. The monoisotopic (exact) mass is 1080 g/mol. The normalized spacial score (nSPS) is 40.2. The maximum Gasteiger partial charge on any atom is 0.407 e. The lowest BCUT2D eigenvalue weighted by Gasteiger charge is -2.43. The molecule has 18 atom stereocenters. The average Bonchev–Trinajstić information content (AvgIpc) is 4.43. The lowest BCUT2D eigenvalue weighted by atomic mass is 9.82. The summed E-state index contributed by atoms with van der Waals surface area (Å²) in [6.07, 6.45) is 12.8. The SMILES string of the molecule is COC(=O)NC(C1CCOC(C)(C)C1)C(O)N(CC1=NCC(C(C=C2CN3C(C4CC=C(C5CC5)S4)OC4CC(C5=NC(C6CC67CCCN7C(=O)C(C)(N)CC(C)C)N=C5)C=C(F)C(C4)C3C2F)CO)N1)C1CC1C. The Balaban J connectivity index is 0.801. The Morgan fingerprint density at radius 3 is 2.70 bits per heavy atom. The van der Waals surface area contributed by atoms with Gasteiger partial charge in [0, 0.05) is 55.6 Å². The number of carbonyl (C=O) groups excluding carboxylic acids is 2. The lowest BCUT2D eigenvalue weighted by Crippen LogP contribution is -2.59. The first-order valence-electron chi connectivity index (χ1n) is 28.8. The number of aliphatic hydroxyl groups excluding tert-OH is 2. The number of allylic oxidation sites excluding steroid dienone is 3. The van der Waals surface area contributed by atoms with Crippen LogP contribution in [0.25, 0.3) is 0 Å². The molecule has 4 saturated heterocycles. The number of amides is 2. The molecule has 76 heavy (non-hydrogen) atoms. The van der Waals surface area contributed by atoms with Gasteiger partial charge in [0.1, 0.15) is 36.5 Å². The van der Waals surface area contributed by atoms with Crippen molar-refractivity contribution >= 4 is 41.5 Å². The van der Waals surface area contributed by atoms with E-state index in [2.05, 4.69) is 42.4 Å². The predicted octanol–water partition coefficient (Wildman–Crippen LogP) is 6.27. The number of aliphatic imine (C=N–C) groups is 3. The van der Waals surface area contributed by atoms with Gasteiger partial charge < -0.3 is 45.7 Å². The highest BCUT2D eigenvalue weighted by atomic mass is 32.2. The molecule has 11 aliphatic rings. The summed E-state index contributed by atoms with van der Waals surface area (Å²) in [4.78, 5) is 49.2. The number of thioether (sulfide) groups is 1. The molecule has 19 heteroatoms. The number of alkyl halides is 1. The average molecular weight is 1080 g/mol. The van der Waals surface area contributed by atoms with Gasteiger partial charge in [-0.2, -0.15) is 0 Å². The standard InChI is InChI=1S/C57H85F2N9O7S/c1-30(2)22-56(6,60)53(71)68-15-8-14-57(68)24-39(57)50-62-26-41(64-50)34-19-37-21-38(40(58)20-34)49-47(59)35(27-67(49)52(75-37)45-12-11-44(76-45)32-9-10-32)18-36(29-69)42-25-61-46(63-42)28-66(43-17-31(43)3)51(70)48(65-54(72)73-7)33-13-16-74-55(4,5)23-33/h11,18,20,26,30-34,36-39,42-43,45,47-52,69-70H,8-10,12-17,19,21-25,27-29,60H2,1-7H3,(H,61,63)(H,65,72). The van der Waals surface area contributed by atoms with Crippen LogP contribution in [0, 0.1) is 47.3 Å². The van der Waals surface area contributed by atoms with Gasteiger partial charge >= 0.3 is 6.09 Å². The molecule has 420 valence electrons. The van der Waals surface area contributed by atoms with Crippen LogP contribution in [-0.4, -0.2) is 178 Å². The predicted molar refractivity (Wildman–Crippen MR) is 290 cm³/mol. The smallest absolute Gasteiger partial charge is 0.407 e. The minimum absolute atomic E-state index is 0.00146. The molecular formula is C57H85F2N9O7S. The van der Waals surface area contributed by atoms with E-state index in [1.54, 1.807) is 12.3 Å². The van der Waals surface area contributed by atoms with Crippen LogP contribution in [0.2, 0.25) is 0 Å². The first-order chi connectivity index (χ1) is 36.3. The molecular weight excluding hydrogens is 993 g/mol. The number of likely N-dealkylation sites (tertiary alicyclic amines) is 1. The van der Waals surface area contributed by atoms with E-state index in [-0.39, 0.29) is 77.8 Å². The van der Waals surface area contributed by atoms with E-state index in [1.807, 2.05) is 48.4 Å². The fourth-order valence-electron chi connectivity index (χ4n) is 15.0. The van der Waals surface area contributed by atoms with E-state index in [1.165, 1.54) is 24.9 Å². The van der Waals surface area contributed by atoms with Gasteiger partial charge in [-0.1, -0.05) is 32.9 Å². The first kappa shape index (κ1) is 54.6. The van der Waals surface area contributed by atoms with Crippen molar-refractivity contribution in [3.05, 3.63) is 34.5 Å². The molecule has 4 aliphatic carbocycles. The lowest BCUT2D eigenvalue weighted by molar-refractivity contribution is -0.139. The number of ether oxygens (including phenoxy) is 3. The highest BCUT2D eigenvalue weighted by Gasteiger charge is 2.66. The molecule has 0 aromatic carbocycles. The van der Waals surface area contributed by atoms with Crippen molar-refractivity contribution in [1.82, 2.24) is 25.3 Å². The summed E-state index contributed by atoms with van der Waals surface area (Å²) >= 11 is 1.85. The Morgan fingerprint density at radius 1 is 1.20 bits per heavy atom. The number of nitrogens with two attached hydrogens (primary N) is 1. The zero-order chi connectivity index (χ0) is 53.6. The zero-order valence-electron chi connectivity index (χ0n) is 45.8. The number of amidine groups is 1. The second-order valence-electron chi connectivity index (χ2n) is 26.0. The van der Waals surface area contributed by atoms with E-state index in [9.17, 15) is 19.8 Å². The molecule has 18 unspecified atom stereocenters. The van der Waals surface area contributed by atoms with Gasteiger partial charge in [0.05, 0.1) is 78.7 Å². The van der Waals surface area contributed by atoms with E-state index in [0.29, 0.717) is 87.3 Å². The van der Waals surface area contributed by atoms with Gasteiger partial charge in [0.15, 0.2) is 0 Å². The molecule has 11 rings (SSSR count). The van der Waals surface area contributed by atoms with Crippen LogP contribution in [0.4, 0.5) is 13.6 Å². The maximum absolute atomic E-state index is 17.8. The van der Waals surface area contributed by atoms with Crippen LogP contribution in [0.5, 0.6) is 0 Å². The summed E-state index contributed by atoms with van der Waals surface area (Å²) in [5.41, 5.74) is 6.23. The first-order valence-corrected chi connectivity index (χ1v) is 29.7. The van der Waals surface area contributed by atoms with Gasteiger partial charge in [-0.3, -0.25) is 29.6 Å². The van der Waals surface area contributed by atoms with Crippen LogP contribution in [0.3, 0.4) is 0 Å². The number of fused-ring (bicyclic) bond motifs is 4. The minimum atomic E-state index is -1.51. The molecule has 7 heterocycles. The Labute approximate surface area is 452 Å². The summed E-state index contributed by atoms with van der Waals surface area (Å²) in [6.45, 7) is 14.1. The molecule has 2 bridgehead atoms. The fourth-order valence-corrected chi connectivity index (χ4v) is 16.5. The highest BCUT2D eigenvalue weighted by molar-refractivity contribution is 8.04. The second-order valence-corrected chi connectivity index (χ2v) is 27.3. The van der Waals surface area contributed by atoms with E-state index < -0.39 is 65.7 Å². The van der Waals surface area contributed by atoms with Crippen LogP contribution in [0.1, 0.15) is 119 Å². The number of methoxy groups -OCH3 is 1. The van der Waals surface area contributed by atoms with Gasteiger partial charge in [-0.25, -0.2) is 13.6 Å². The summed E-state index contributed by atoms with van der Waals surface area (Å²) < 4.78 is 53.3. The molecule has 16 nitrogen and oxygen atoms in total. The number of nitrogens with zero attached hydrogens (tertiary/aromatic N) is 6. The Hall–Kier alpha value is -3.30. The number of carbonyl (C=O) groups is 2. The minimum Gasteiger partial charge on any atom is -0.453 e. The zero-order valence-corrected chi connectivity index (χ0v) is 46.6. The van der Waals surface area contributed by atoms with Crippen LogP contribution in [-0.2, 0) is 19.0 Å². The second kappa shape index (κ2) is 21.3. The van der Waals surface area contributed by atoms with Crippen molar-refractivity contribution in [2.45, 2.75) is 196 Å². The van der Waals surface area contributed by atoms with Crippen LogP contribution >= 0.6 is 11.8 Å². The summed E-state index contributed by atoms with van der Waals surface area (Å²) in [5.74, 6) is -0.126. The molecule has 2 amide bonds. The number of hydrogen-bond acceptors (Lipinski definition) is 15. The summed E-state index contributed by atoms with van der Waals surface area (Å²) in [6, 6.07) is -1.69. The van der Waals surface area contributed by atoms with Crippen molar-refractivity contribution in [1.29, 1.82) is 0 Å². The van der Waals surface area contributed by atoms with Crippen molar-refractivity contribution in [3.8, 4) is 0 Å². The number of aliphatic hydroxyl groups is 2. The van der Waals surface area contributed by atoms with Crippen LogP contribution < -0.4 is 16.4 Å². The largest absolute Gasteiger partial charge is 0.453 e. The Morgan fingerprint density at radius 2 is 1.99 bits per heavy atom. The molecule has 0 radical (unpaired) electrons. The maximum atomic E-state index is 17.8. The number of halogens is 2. The van der Waals surface area contributed by atoms with Crippen molar-refractivity contribution in [3.63, 3.8) is 0 Å². The molecule has 0 aromatic heterocycles. The molecule has 7 aliphatic heterocycles. The number of alkyl carbamates (subject to hydrolysis) is 1. The number of rotatable bonds is 17. The van der Waals surface area contributed by atoms with Gasteiger partial charge in [-0.15, -0.1) is 11.8 Å². The Bertz CT molecular complexity index is 2410. The molecule has 7 fully saturated rings. The summed E-state index contributed by atoms with van der Waals surface area (Å²) in [7, 11) is 1.32. The van der Waals surface area contributed by atoms with Crippen molar-refractivity contribution in [2.24, 2.45) is 68.1 Å². The third-order valence-corrected chi connectivity index (χ3v) is 20.6. The van der Waals surface area contributed by atoms with Gasteiger partial charge in [0.25, 0.3) is 0 Å². The molecule has 0 aromatic rings. The third kappa shape index (κ3) is 10.9. The number of nitrogens with one attached hydrogen (secondary N) is 2. The third-order valence-electron chi connectivity index (χ3n) is 19.1. The van der Waals surface area contributed by atoms with Crippen molar-refractivity contribution < 1.29 is 42.8 Å². The van der Waals surface area contributed by atoms with Crippen molar-refractivity contribution in [2.75, 3.05) is 46.5 Å². The topological polar surface area (TPSA) is 199 Å². The number of hydrogen-bond donors (Lipinski definition) is 5. The highest BCUT2D eigenvalue weighted by Crippen LogP contribution is 2.59. The summed E-state index contributed by atoms with van der Waals surface area (Å²) in [5, 5.41) is 29.8.